The molecular formula is C29H30ClN3O. The molecule has 4 nitrogen and oxygen atoms in total. The van der Waals surface area contributed by atoms with Crippen LogP contribution in [0.25, 0.3) is 16.6 Å². The fraction of sp³-hybridized carbons (Fsp3) is 0.276. The molecule has 0 bridgehead atoms. The topological polar surface area (TPSA) is 30.3 Å². The lowest BCUT2D eigenvalue weighted by molar-refractivity contribution is 0.278. The smallest absolute Gasteiger partial charge is 0.148 e. The van der Waals surface area contributed by atoms with Crippen molar-refractivity contribution < 1.29 is 4.74 Å². The number of nitrogens with zero attached hydrogens (tertiary/aromatic N) is 3. The first-order valence-electron chi connectivity index (χ1n) is 12.0. The largest absolute Gasteiger partial charge is 0.486 e. The first-order valence-corrected chi connectivity index (χ1v) is 12.3. The van der Waals surface area contributed by atoms with Crippen LogP contribution in [0.2, 0.25) is 5.02 Å². The van der Waals surface area contributed by atoms with Crippen molar-refractivity contribution in [2.24, 2.45) is 0 Å². The van der Waals surface area contributed by atoms with Gasteiger partial charge in [-0.15, -0.1) is 0 Å². The van der Waals surface area contributed by atoms with E-state index in [-0.39, 0.29) is 0 Å². The summed E-state index contributed by atoms with van der Waals surface area (Å²) in [6.45, 7) is 6.67. The Morgan fingerprint density at radius 2 is 1.76 bits per heavy atom. The minimum atomic E-state index is 0.433. The number of imidazole rings is 1. The average Bonchev–Trinajstić information content (AvgIpc) is 3.23. The Morgan fingerprint density at radius 3 is 2.53 bits per heavy atom. The molecule has 1 aliphatic heterocycles. The van der Waals surface area contributed by atoms with Gasteiger partial charge < -0.3 is 9.30 Å². The van der Waals surface area contributed by atoms with Crippen LogP contribution in [-0.4, -0.2) is 34.1 Å². The van der Waals surface area contributed by atoms with Crippen molar-refractivity contribution in [2.75, 3.05) is 19.6 Å². The van der Waals surface area contributed by atoms with E-state index >= 15 is 0 Å². The molecule has 0 N–H and O–H groups in total. The zero-order chi connectivity index (χ0) is 23.3. The number of halogens is 1. The summed E-state index contributed by atoms with van der Waals surface area (Å²) in [5, 5.41) is 0.707. The maximum Gasteiger partial charge on any atom is 0.148 e. The zero-order valence-electron chi connectivity index (χ0n) is 19.6. The summed E-state index contributed by atoms with van der Waals surface area (Å²) >= 11 is 6.01. The normalized spacial score (nSPS) is 14.4. The Balaban J connectivity index is 1.25. The molecule has 0 saturated heterocycles. The highest BCUT2D eigenvalue weighted by Gasteiger charge is 2.15. The summed E-state index contributed by atoms with van der Waals surface area (Å²) in [6.07, 6.45) is 4.57. The highest BCUT2D eigenvalue weighted by molar-refractivity contribution is 6.30. The zero-order valence-corrected chi connectivity index (χ0v) is 20.3. The van der Waals surface area contributed by atoms with Gasteiger partial charge in [-0.05, 0) is 66.8 Å². The van der Waals surface area contributed by atoms with E-state index < -0.39 is 0 Å². The van der Waals surface area contributed by atoms with Gasteiger partial charge in [0.05, 0.1) is 11.0 Å². The molecule has 0 saturated carbocycles. The number of benzene rings is 3. The SMILES string of the molecule is Cc1cccc2c1nc(COc1ccc(Cl)cc1)n2CCCN1CC=C(c2ccccc2)CC1. The average molecular weight is 472 g/mol. The summed E-state index contributed by atoms with van der Waals surface area (Å²) in [5.74, 6) is 1.76. The van der Waals surface area contributed by atoms with Gasteiger partial charge in [0.25, 0.3) is 0 Å². The van der Waals surface area contributed by atoms with Crippen LogP contribution in [0, 0.1) is 6.92 Å². The van der Waals surface area contributed by atoms with Crippen LogP contribution >= 0.6 is 11.6 Å². The molecule has 34 heavy (non-hydrogen) atoms. The van der Waals surface area contributed by atoms with E-state index in [0.29, 0.717) is 11.6 Å². The van der Waals surface area contributed by atoms with E-state index in [4.69, 9.17) is 21.3 Å². The molecule has 0 atom stereocenters. The molecular weight excluding hydrogens is 442 g/mol. The van der Waals surface area contributed by atoms with Crippen LogP contribution < -0.4 is 4.74 Å². The Hall–Kier alpha value is -3.08. The van der Waals surface area contributed by atoms with Gasteiger partial charge in [0.1, 0.15) is 18.2 Å². The van der Waals surface area contributed by atoms with Crippen LogP contribution in [0.5, 0.6) is 5.75 Å². The van der Waals surface area contributed by atoms with Gasteiger partial charge in [-0.3, -0.25) is 4.90 Å². The molecule has 1 aromatic heterocycles. The summed E-state index contributed by atoms with van der Waals surface area (Å²) in [5.41, 5.74) is 6.26. The second kappa shape index (κ2) is 10.5. The minimum absolute atomic E-state index is 0.433. The van der Waals surface area contributed by atoms with E-state index in [2.05, 4.69) is 71.0 Å². The number of para-hydroxylation sites is 1. The molecule has 0 radical (unpaired) electrons. The second-order valence-corrected chi connectivity index (χ2v) is 9.30. The summed E-state index contributed by atoms with van der Waals surface area (Å²) in [4.78, 5) is 7.48. The predicted octanol–water partition coefficient (Wildman–Crippen LogP) is 6.76. The van der Waals surface area contributed by atoms with Crippen molar-refractivity contribution >= 4 is 28.2 Å². The first kappa shape index (κ1) is 22.7. The summed E-state index contributed by atoms with van der Waals surface area (Å²) in [7, 11) is 0. The van der Waals surface area contributed by atoms with E-state index in [9.17, 15) is 0 Å². The molecule has 0 unspecified atom stereocenters. The van der Waals surface area contributed by atoms with Crippen LogP contribution in [0.3, 0.4) is 0 Å². The molecule has 5 heteroatoms. The second-order valence-electron chi connectivity index (χ2n) is 8.86. The Bertz CT molecular complexity index is 1280. The molecule has 5 rings (SSSR count). The fourth-order valence-electron chi connectivity index (χ4n) is 4.65. The first-order chi connectivity index (χ1) is 16.7. The van der Waals surface area contributed by atoms with Gasteiger partial charge in [0, 0.05) is 31.2 Å². The van der Waals surface area contributed by atoms with Gasteiger partial charge in [0.15, 0.2) is 0 Å². The molecule has 0 fully saturated rings. The van der Waals surface area contributed by atoms with Crippen LogP contribution in [0.15, 0.2) is 78.9 Å². The van der Waals surface area contributed by atoms with E-state index in [0.717, 1.165) is 56.1 Å². The molecule has 0 amide bonds. The van der Waals surface area contributed by atoms with Crippen molar-refractivity contribution in [3.63, 3.8) is 0 Å². The lowest BCUT2D eigenvalue weighted by atomic mass is 9.99. The lowest BCUT2D eigenvalue weighted by Crippen LogP contribution is -2.30. The number of fused-ring (bicyclic) bond motifs is 1. The van der Waals surface area contributed by atoms with Gasteiger partial charge in [-0.25, -0.2) is 4.98 Å². The molecule has 0 spiro atoms. The van der Waals surface area contributed by atoms with Crippen molar-refractivity contribution in [1.29, 1.82) is 0 Å². The quantitative estimate of drug-likeness (QED) is 0.284. The lowest BCUT2D eigenvalue weighted by Gasteiger charge is -2.26. The minimum Gasteiger partial charge on any atom is -0.486 e. The highest BCUT2D eigenvalue weighted by Crippen LogP contribution is 2.24. The van der Waals surface area contributed by atoms with Gasteiger partial charge >= 0.3 is 0 Å². The highest BCUT2D eigenvalue weighted by atomic mass is 35.5. The standard InChI is InChI=1S/C29H30ClN3O/c1-22-7-5-10-27-29(22)31-28(21-34-26-13-11-25(30)12-14-26)33(27)18-6-17-32-19-15-24(16-20-32)23-8-3-2-4-9-23/h2-5,7-15H,6,16-21H2,1H3. The maximum absolute atomic E-state index is 6.05. The molecule has 0 aliphatic carbocycles. The van der Waals surface area contributed by atoms with Gasteiger partial charge in [0.2, 0.25) is 0 Å². The van der Waals surface area contributed by atoms with Gasteiger partial charge in [-0.1, -0.05) is 60.1 Å². The molecule has 4 aromatic rings. The number of ether oxygens (including phenoxy) is 1. The summed E-state index contributed by atoms with van der Waals surface area (Å²) < 4.78 is 8.37. The number of hydrogen-bond donors (Lipinski definition) is 0. The fourth-order valence-corrected chi connectivity index (χ4v) is 4.78. The molecule has 174 valence electrons. The van der Waals surface area contributed by atoms with Crippen LogP contribution in [0.1, 0.15) is 29.8 Å². The monoisotopic (exact) mass is 471 g/mol. The Morgan fingerprint density at radius 1 is 0.941 bits per heavy atom. The third-order valence-corrected chi connectivity index (χ3v) is 6.79. The number of aromatic nitrogens is 2. The van der Waals surface area contributed by atoms with Crippen LogP contribution in [0.4, 0.5) is 0 Å². The third kappa shape index (κ3) is 5.19. The van der Waals surface area contributed by atoms with Crippen molar-refractivity contribution in [1.82, 2.24) is 14.5 Å². The predicted molar refractivity (Wildman–Crippen MR) is 140 cm³/mol. The molecule has 3 aromatic carbocycles. The Labute approximate surface area is 206 Å². The van der Waals surface area contributed by atoms with Crippen LogP contribution in [-0.2, 0) is 13.2 Å². The molecule has 2 heterocycles. The number of aryl methyl sites for hydroxylation is 2. The van der Waals surface area contributed by atoms with Crippen molar-refractivity contribution in [2.45, 2.75) is 32.9 Å². The van der Waals surface area contributed by atoms with Crippen molar-refractivity contribution in [3.05, 3.63) is 101 Å². The third-order valence-electron chi connectivity index (χ3n) is 6.54. The molecule has 1 aliphatic rings. The Kier molecular flexibility index (Phi) is 6.98. The van der Waals surface area contributed by atoms with E-state index in [1.165, 1.54) is 22.2 Å². The van der Waals surface area contributed by atoms with E-state index in [1.54, 1.807) is 0 Å². The van der Waals surface area contributed by atoms with Crippen molar-refractivity contribution in [3.8, 4) is 5.75 Å². The summed E-state index contributed by atoms with van der Waals surface area (Å²) in [6, 6.07) is 24.6. The van der Waals surface area contributed by atoms with E-state index in [1.807, 2.05) is 24.3 Å². The van der Waals surface area contributed by atoms with Gasteiger partial charge in [-0.2, -0.15) is 0 Å². The number of rotatable bonds is 8. The number of hydrogen-bond acceptors (Lipinski definition) is 3. The maximum atomic E-state index is 6.05.